The first-order chi connectivity index (χ1) is 13.9. The van der Waals surface area contributed by atoms with Gasteiger partial charge in [-0.1, -0.05) is 51.4 Å². The monoisotopic (exact) mass is 618 g/mol. The van der Waals surface area contributed by atoms with E-state index < -0.39 is 0 Å². The number of hydrogen-bond donors (Lipinski definition) is 0. The first-order valence-electron chi connectivity index (χ1n) is 10.8. The molecule has 4 aliphatic rings. The van der Waals surface area contributed by atoms with Crippen molar-refractivity contribution in [2.75, 3.05) is 0 Å². The van der Waals surface area contributed by atoms with Gasteiger partial charge in [-0.2, -0.15) is 58.7 Å². The zero-order valence-electron chi connectivity index (χ0n) is 18.8. The number of hydrogen-bond acceptors (Lipinski definition) is 0. The molecule has 32 heavy (non-hydrogen) atoms. The van der Waals surface area contributed by atoms with Crippen LogP contribution in [0.4, 0.5) is 0 Å². The maximum Gasteiger partial charge on any atom is 2.00 e. The molecule has 0 N–H and O–H groups in total. The molecule has 2 aromatic rings. The maximum absolute atomic E-state index is 2.99. The smallest absolute Gasteiger partial charge is 1.00 e. The number of allylic oxidation sites excluding steroid dienone is 8. The summed E-state index contributed by atoms with van der Waals surface area (Å²) in [5, 5.41) is 0. The third kappa shape index (κ3) is 13.0. The Bertz CT molecular complexity index is 680. The van der Waals surface area contributed by atoms with Crippen molar-refractivity contribution >= 4 is 0 Å². The predicted octanol–water partition coefficient (Wildman–Crippen LogP) is 1.18. The average Bonchev–Trinajstić information content (AvgIpc) is 3.56. The third-order valence-corrected chi connectivity index (χ3v) is 5.47. The summed E-state index contributed by atoms with van der Waals surface area (Å²) in [6.07, 6.45) is 30.9. The summed E-state index contributed by atoms with van der Waals surface area (Å²) in [7, 11) is 0. The summed E-state index contributed by atoms with van der Waals surface area (Å²) in [5.41, 5.74) is 6.39. The second-order valence-electron chi connectivity index (χ2n) is 7.57. The van der Waals surface area contributed by atoms with Gasteiger partial charge in [0.05, 0.1) is 0 Å². The first kappa shape index (κ1) is 34.2. The molecule has 0 bridgehead atoms. The zero-order chi connectivity index (χ0) is 19.3. The number of halogens is 2. The molecule has 0 saturated carbocycles. The Labute approximate surface area is 246 Å². The standard InChI is InChI=1S/2C9H11.2C5H5.2ClH.2Zr/c2*1-2-5-9-7-3-6-8(9)4-1;2*1-2-4-5-3-1;;;;/h2*3,6-7H,1-2,4-5H2;2*1-3H,4H2;2*1H;;/q4*-1;;;2*+2/p-2. The quantitative estimate of drug-likeness (QED) is 0.388. The van der Waals surface area contributed by atoms with Crippen LogP contribution in [0.3, 0.4) is 0 Å². The van der Waals surface area contributed by atoms with Gasteiger partial charge in [0.15, 0.2) is 0 Å². The van der Waals surface area contributed by atoms with E-state index in [1.165, 1.54) is 51.4 Å². The van der Waals surface area contributed by atoms with Crippen LogP contribution in [0.15, 0.2) is 72.9 Å². The molecule has 0 saturated heterocycles. The van der Waals surface area contributed by atoms with Crippen molar-refractivity contribution in [1.82, 2.24) is 0 Å². The van der Waals surface area contributed by atoms with Gasteiger partial charge in [0.2, 0.25) is 0 Å². The van der Waals surface area contributed by atoms with Gasteiger partial charge in [-0.05, 0) is 0 Å². The van der Waals surface area contributed by atoms with Crippen molar-refractivity contribution < 1.29 is 77.2 Å². The molecule has 2 aromatic carbocycles. The van der Waals surface area contributed by atoms with Gasteiger partial charge in [-0.3, -0.25) is 12.2 Å². The van der Waals surface area contributed by atoms with Gasteiger partial charge in [0.25, 0.3) is 0 Å². The largest absolute Gasteiger partial charge is 2.00 e. The molecule has 168 valence electrons. The molecule has 0 aromatic heterocycles. The van der Waals surface area contributed by atoms with Crippen LogP contribution in [0.25, 0.3) is 0 Å². The summed E-state index contributed by atoms with van der Waals surface area (Å²) in [5.74, 6) is 0. The Hall–Kier alpha value is 0.00623. The van der Waals surface area contributed by atoms with E-state index in [0.29, 0.717) is 0 Å². The van der Waals surface area contributed by atoms with E-state index >= 15 is 0 Å². The van der Waals surface area contributed by atoms with Crippen molar-refractivity contribution in [2.45, 2.75) is 64.2 Å². The van der Waals surface area contributed by atoms with E-state index in [2.05, 4.69) is 60.7 Å². The van der Waals surface area contributed by atoms with E-state index in [-0.39, 0.29) is 77.2 Å². The van der Waals surface area contributed by atoms with E-state index in [1.807, 2.05) is 24.3 Å². The van der Waals surface area contributed by atoms with Gasteiger partial charge in [0, 0.05) is 0 Å². The van der Waals surface area contributed by atoms with Gasteiger partial charge in [-0.15, -0.1) is 12.8 Å². The Morgan fingerprint density at radius 3 is 1.28 bits per heavy atom. The maximum atomic E-state index is 2.99. The van der Waals surface area contributed by atoms with Gasteiger partial charge in [0.1, 0.15) is 0 Å². The molecule has 0 atom stereocenters. The SMILES string of the molecule is [C-]1=CC=CC1.[C-]1=CC=CC1.[Cl-].[Cl-].[Zr+2].[Zr+2].c1cc2c([cH-]1)CCCC2.c1cc2c([cH-]1)CCCC2. The van der Waals surface area contributed by atoms with Crippen molar-refractivity contribution in [3.63, 3.8) is 0 Å². The fourth-order valence-corrected chi connectivity index (χ4v) is 3.91. The van der Waals surface area contributed by atoms with E-state index in [0.717, 1.165) is 12.8 Å². The third-order valence-electron chi connectivity index (χ3n) is 5.47. The predicted molar refractivity (Wildman–Crippen MR) is 120 cm³/mol. The molecule has 0 radical (unpaired) electrons. The Balaban J connectivity index is 0. The molecule has 0 nitrogen and oxygen atoms in total. The van der Waals surface area contributed by atoms with Crippen molar-refractivity contribution in [3.05, 3.63) is 107 Å². The van der Waals surface area contributed by atoms with Crippen LogP contribution in [0.5, 0.6) is 0 Å². The van der Waals surface area contributed by atoms with Crippen LogP contribution in [0.2, 0.25) is 0 Å². The van der Waals surface area contributed by atoms with Gasteiger partial charge >= 0.3 is 52.4 Å². The minimum absolute atomic E-state index is 0. The van der Waals surface area contributed by atoms with Gasteiger partial charge < -0.3 is 24.8 Å². The number of fused-ring (bicyclic) bond motifs is 2. The van der Waals surface area contributed by atoms with Crippen LogP contribution >= 0.6 is 0 Å². The van der Waals surface area contributed by atoms with E-state index in [1.54, 1.807) is 22.3 Å². The fraction of sp³-hybridized carbons (Fsp3) is 0.357. The van der Waals surface area contributed by atoms with Crippen LogP contribution < -0.4 is 24.8 Å². The Morgan fingerprint density at radius 2 is 1.00 bits per heavy atom. The Kier molecular flexibility index (Phi) is 23.0. The molecule has 4 heteroatoms. The molecule has 4 aliphatic carbocycles. The van der Waals surface area contributed by atoms with Gasteiger partial charge in [-0.25, -0.2) is 36.4 Å². The normalized spacial score (nSPS) is 15.2. The minimum Gasteiger partial charge on any atom is -1.00 e. The topological polar surface area (TPSA) is 0 Å². The minimum atomic E-state index is 0. The van der Waals surface area contributed by atoms with E-state index in [9.17, 15) is 0 Å². The van der Waals surface area contributed by atoms with Crippen LogP contribution in [0.1, 0.15) is 60.8 Å². The fourth-order valence-electron chi connectivity index (χ4n) is 3.91. The zero-order valence-corrected chi connectivity index (χ0v) is 25.2. The van der Waals surface area contributed by atoms with E-state index in [4.69, 9.17) is 0 Å². The van der Waals surface area contributed by atoms with Crippen molar-refractivity contribution in [3.8, 4) is 0 Å². The summed E-state index contributed by atoms with van der Waals surface area (Å²) in [4.78, 5) is 0. The molecular formula is C28H32Cl2Zr2-2. The molecule has 0 spiro atoms. The molecule has 0 heterocycles. The molecule has 0 aliphatic heterocycles. The summed E-state index contributed by atoms with van der Waals surface area (Å²) in [6, 6.07) is 13.4. The molecule has 0 unspecified atom stereocenters. The Morgan fingerprint density at radius 1 is 0.594 bits per heavy atom. The van der Waals surface area contributed by atoms with Crippen molar-refractivity contribution in [2.24, 2.45) is 0 Å². The second kappa shape index (κ2) is 21.5. The number of rotatable bonds is 0. The molecule has 0 amide bonds. The molecule has 0 fully saturated rings. The average molecular weight is 622 g/mol. The summed E-state index contributed by atoms with van der Waals surface area (Å²) < 4.78 is 0. The van der Waals surface area contributed by atoms with Crippen LogP contribution in [0, 0.1) is 12.2 Å². The molecular weight excluding hydrogens is 590 g/mol. The number of aryl methyl sites for hydroxylation is 4. The second-order valence-corrected chi connectivity index (χ2v) is 7.57. The van der Waals surface area contributed by atoms with Crippen LogP contribution in [-0.4, -0.2) is 0 Å². The van der Waals surface area contributed by atoms with Crippen LogP contribution in [-0.2, 0) is 78.1 Å². The molecule has 6 rings (SSSR count). The first-order valence-corrected chi connectivity index (χ1v) is 10.8. The summed E-state index contributed by atoms with van der Waals surface area (Å²) >= 11 is 0. The van der Waals surface area contributed by atoms with Crippen molar-refractivity contribution in [1.29, 1.82) is 0 Å². The summed E-state index contributed by atoms with van der Waals surface area (Å²) in [6.45, 7) is 0.